The lowest BCUT2D eigenvalue weighted by atomic mass is 10.0. The molecule has 1 aromatic rings. The van der Waals surface area contributed by atoms with Gasteiger partial charge in [0.2, 0.25) is 11.8 Å². The number of ether oxygens (including phenoxy) is 1. The summed E-state index contributed by atoms with van der Waals surface area (Å²) in [6, 6.07) is 8.87. The summed E-state index contributed by atoms with van der Waals surface area (Å²) in [6.07, 6.45) is 2.55. The number of piperazine rings is 1. The fraction of sp³-hybridized carbons (Fsp3) is 0.609. The Morgan fingerprint density at radius 2 is 1.94 bits per heavy atom. The molecule has 2 aliphatic rings. The minimum Gasteiger partial charge on any atom is -0.385 e. The van der Waals surface area contributed by atoms with Crippen LogP contribution >= 0.6 is 0 Å². The van der Waals surface area contributed by atoms with Gasteiger partial charge in [-0.25, -0.2) is 14.8 Å². The largest absolute Gasteiger partial charge is 0.385 e. The van der Waals surface area contributed by atoms with Gasteiger partial charge in [-0.15, -0.1) is 0 Å². The SMILES string of the molecule is CCCC[C@H]1C(=O)N(CCCOC)C[C@H]2N1C(=O)CN(C)N2C(=O)NCc1ccccc1. The summed E-state index contributed by atoms with van der Waals surface area (Å²) < 4.78 is 5.15. The predicted molar refractivity (Wildman–Crippen MR) is 120 cm³/mol. The smallest absolute Gasteiger partial charge is 0.334 e. The number of urea groups is 1. The number of hydrogen-bond donors (Lipinski definition) is 1. The van der Waals surface area contributed by atoms with Gasteiger partial charge in [0, 0.05) is 33.9 Å². The maximum Gasteiger partial charge on any atom is 0.334 e. The Hall–Kier alpha value is -2.65. The Kier molecular flexibility index (Phi) is 8.46. The molecule has 2 atom stereocenters. The zero-order valence-corrected chi connectivity index (χ0v) is 19.3. The van der Waals surface area contributed by atoms with E-state index in [2.05, 4.69) is 12.2 Å². The van der Waals surface area contributed by atoms with Crippen LogP contribution in [0.2, 0.25) is 0 Å². The van der Waals surface area contributed by atoms with E-state index in [0.29, 0.717) is 39.1 Å². The third-order valence-corrected chi connectivity index (χ3v) is 6.04. The highest BCUT2D eigenvalue weighted by molar-refractivity contribution is 5.91. The third-order valence-electron chi connectivity index (χ3n) is 6.04. The predicted octanol–water partition coefficient (Wildman–Crippen LogP) is 1.65. The summed E-state index contributed by atoms with van der Waals surface area (Å²) in [5, 5.41) is 6.22. The van der Waals surface area contributed by atoms with Crippen LogP contribution in [0.3, 0.4) is 0 Å². The highest BCUT2D eigenvalue weighted by atomic mass is 16.5. The standard InChI is InChI=1S/C23H35N5O4/c1-4-5-12-19-22(30)26(13-9-14-32-3)16-20-27(19)21(29)17-25(2)28(20)23(31)24-15-18-10-7-6-8-11-18/h6-8,10-11,19-20H,4-5,9,12-17H2,1-3H3,(H,24,31)/t19-,20-/m0/s1. The van der Waals surface area contributed by atoms with Gasteiger partial charge in [-0.05, 0) is 18.4 Å². The summed E-state index contributed by atoms with van der Waals surface area (Å²) in [6.45, 7) is 3.90. The van der Waals surface area contributed by atoms with E-state index in [9.17, 15) is 14.4 Å². The van der Waals surface area contributed by atoms with Crippen molar-refractivity contribution in [1.82, 2.24) is 25.1 Å². The molecule has 32 heavy (non-hydrogen) atoms. The maximum absolute atomic E-state index is 13.3. The van der Waals surface area contributed by atoms with Gasteiger partial charge in [-0.2, -0.15) is 0 Å². The molecule has 2 fully saturated rings. The number of rotatable bonds is 9. The van der Waals surface area contributed by atoms with E-state index >= 15 is 0 Å². The number of carbonyl (C=O) groups excluding carboxylic acids is 3. The molecule has 9 heteroatoms. The second-order valence-corrected chi connectivity index (χ2v) is 8.37. The molecule has 1 aromatic carbocycles. The first-order valence-electron chi connectivity index (χ1n) is 11.4. The van der Waals surface area contributed by atoms with Gasteiger partial charge in [-0.1, -0.05) is 50.1 Å². The van der Waals surface area contributed by atoms with E-state index in [1.807, 2.05) is 30.3 Å². The molecule has 0 aliphatic carbocycles. The number of fused-ring (bicyclic) bond motifs is 1. The first-order valence-corrected chi connectivity index (χ1v) is 11.4. The number of hydrogen-bond acceptors (Lipinski definition) is 5. The number of hydrazine groups is 1. The average Bonchev–Trinajstić information content (AvgIpc) is 2.78. The molecule has 0 spiro atoms. The van der Waals surface area contributed by atoms with Crippen molar-refractivity contribution in [2.45, 2.75) is 51.4 Å². The van der Waals surface area contributed by atoms with Gasteiger partial charge in [-0.3, -0.25) is 9.59 Å². The number of likely N-dealkylation sites (N-methyl/N-ethyl adjacent to an activating group) is 1. The van der Waals surface area contributed by atoms with Gasteiger partial charge >= 0.3 is 6.03 Å². The number of nitrogens with zero attached hydrogens (tertiary/aromatic N) is 4. The molecule has 2 heterocycles. The van der Waals surface area contributed by atoms with E-state index < -0.39 is 12.2 Å². The Balaban J connectivity index is 1.81. The topological polar surface area (TPSA) is 85.4 Å². The fourth-order valence-electron chi connectivity index (χ4n) is 4.44. The lowest BCUT2D eigenvalue weighted by Gasteiger charge is -2.54. The Bertz CT molecular complexity index is 790. The van der Waals surface area contributed by atoms with Gasteiger partial charge in [0.05, 0.1) is 13.1 Å². The minimum atomic E-state index is -0.540. The number of unbranched alkanes of at least 4 members (excludes halogenated alkanes) is 1. The minimum absolute atomic E-state index is 0.0339. The summed E-state index contributed by atoms with van der Waals surface area (Å²) in [4.78, 5) is 42.9. The molecule has 0 radical (unpaired) electrons. The highest BCUT2D eigenvalue weighted by Gasteiger charge is 2.50. The molecule has 0 aromatic heterocycles. The number of nitrogens with one attached hydrogen (secondary N) is 1. The molecule has 9 nitrogen and oxygen atoms in total. The van der Waals surface area contributed by atoms with Gasteiger partial charge < -0.3 is 19.9 Å². The monoisotopic (exact) mass is 445 g/mol. The molecule has 4 amide bonds. The van der Waals surface area contributed by atoms with Crippen LogP contribution in [0.15, 0.2) is 30.3 Å². The van der Waals surface area contributed by atoms with Crippen molar-refractivity contribution >= 4 is 17.8 Å². The molecule has 2 saturated heterocycles. The lowest BCUT2D eigenvalue weighted by Crippen LogP contribution is -2.76. The van der Waals surface area contributed by atoms with Crippen molar-refractivity contribution in [3.63, 3.8) is 0 Å². The third kappa shape index (κ3) is 5.39. The number of methoxy groups -OCH3 is 1. The molecule has 1 N–H and O–H groups in total. The highest BCUT2D eigenvalue weighted by Crippen LogP contribution is 2.28. The number of carbonyl (C=O) groups is 3. The number of amides is 4. The van der Waals surface area contributed by atoms with Crippen LogP contribution in [0.1, 0.15) is 38.2 Å². The molecule has 2 aliphatic heterocycles. The first kappa shape index (κ1) is 24.0. The van der Waals surface area contributed by atoms with Crippen molar-refractivity contribution in [3.8, 4) is 0 Å². The van der Waals surface area contributed by atoms with Crippen LogP contribution < -0.4 is 5.32 Å². The van der Waals surface area contributed by atoms with E-state index in [-0.39, 0.29) is 24.4 Å². The summed E-state index contributed by atoms with van der Waals surface area (Å²) in [5.74, 6) is -0.149. The van der Waals surface area contributed by atoms with Crippen LogP contribution in [0.4, 0.5) is 4.79 Å². The summed E-state index contributed by atoms with van der Waals surface area (Å²) in [5.41, 5.74) is 0.995. The van der Waals surface area contributed by atoms with Crippen molar-refractivity contribution < 1.29 is 19.1 Å². The maximum atomic E-state index is 13.3. The molecule has 3 rings (SSSR count). The van der Waals surface area contributed by atoms with E-state index in [0.717, 1.165) is 18.4 Å². The van der Waals surface area contributed by atoms with E-state index in [4.69, 9.17) is 4.74 Å². The molecule has 176 valence electrons. The van der Waals surface area contributed by atoms with Crippen LogP contribution in [0, 0.1) is 0 Å². The van der Waals surface area contributed by atoms with Crippen LogP contribution in [-0.2, 0) is 20.9 Å². The normalized spacial score (nSPS) is 21.7. The Morgan fingerprint density at radius 3 is 2.62 bits per heavy atom. The number of benzene rings is 1. The van der Waals surface area contributed by atoms with Gasteiger partial charge in [0.15, 0.2) is 0 Å². The lowest BCUT2D eigenvalue weighted by molar-refractivity contribution is -0.187. The van der Waals surface area contributed by atoms with Crippen molar-refractivity contribution in [2.75, 3.05) is 40.4 Å². The summed E-state index contributed by atoms with van der Waals surface area (Å²) >= 11 is 0. The second-order valence-electron chi connectivity index (χ2n) is 8.37. The van der Waals surface area contributed by atoms with E-state index in [1.165, 1.54) is 0 Å². The van der Waals surface area contributed by atoms with Gasteiger partial charge in [0.25, 0.3) is 0 Å². The van der Waals surface area contributed by atoms with E-state index in [1.54, 1.807) is 34.0 Å². The molecule has 0 unspecified atom stereocenters. The zero-order chi connectivity index (χ0) is 23.1. The van der Waals surface area contributed by atoms with Crippen molar-refractivity contribution in [2.24, 2.45) is 0 Å². The second kappa shape index (κ2) is 11.3. The molecular weight excluding hydrogens is 410 g/mol. The average molecular weight is 446 g/mol. The Morgan fingerprint density at radius 1 is 1.19 bits per heavy atom. The summed E-state index contributed by atoms with van der Waals surface area (Å²) in [7, 11) is 3.38. The first-order chi connectivity index (χ1) is 15.5. The van der Waals surface area contributed by atoms with Crippen LogP contribution in [-0.4, -0.2) is 90.3 Å². The van der Waals surface area contributed by atoms with Crippen molar-refractivity contribution in [3.05, 3.63) is 35.9 Å². The fourth-order valence-corrected chi connectivity index (χ4v) is 4.44. The zero-order valence-electron chi connectivity index (χ0n) is 19.3. The van der Waals surface area contributed by atoms with Crippen LogP contribution in [0.5, 0.6) is 0 Å². The molecule has 0 bridgehead atoms. The van der Waals surface area contributed by atoms with Gasteiger partial charge in [0.1, 0.15) is 12.2 Å². The Labute approximate surface area is 190 Å². The quantitative estimate of drug-likeness (QED) is 0.584. The van der Waals surface area contributed by atoms with Crippen LogP contribution in [0.25, 0.3) is 0 Å². The van der Waals surface area contributed by atoms with Crippen molar-refractivity contribution in [1.29, 1.82) is 0 Å². The molecule has 0 saturated carbocycles. The molecular formula is C23H35N5O4.